The van der Waals surface area contributed by atoms with Gasteiger partial charge in [0.25, 0.3) is 0 Å². The van der Waals surface area contributed by atoms with Crippen molar-refractivity contribution in [2.45, 2.75) is 44.6 Å². The minimum atomic E-state index is -0.962. The molecule has 1 aliphatic rings. The van der Waals surface area contributed by atoms with E-state index in [-0.39, 0.29) is 5.92 Å². The maximum absolute atomic E-state index is 10.9. The van der Waals surface area contributed by atoms with Gasteiger partial charge in [-0.25, -0.2) is 0 Å². The zero-order chi connectivity index (χ0) is 9.19. The monoisotopic (exact) mass is 171 g/mol. The van der Waals surface area contributed by atoms with Crippen LogP contribution in [0, 0.1) is 5.92 Å². The third kappa shape index (κ3) is 1.46. The van der Waals surface area contributed by atoms with Crippen molar-refractivity contribution in [1.29, 1.82) is 0 Å². The molecule has 0 aromatic rings. The van der Waals surface area contributed by atoms with Crippen LogP contribution in [-0.4, -0.2) is 16.6 Å². The first-order valence-corrected chi connectivity index (χ1v) is 4.63. The summed E-state index contributed by atoms with van der Waals surface area (Å²) in [5, 5.41) is 8.97. The van der Waals surface area contributed by atoms with Gasteiger partial charge in [0.15, 0.2) is 0 Å². The number of hydrogen-bond donors (Lipinski definition) is 2. The molecule has 0 unspecified atom stereocenters. The van der Waals surface area contributed by atoms with E-state index in [0.717, 1.165) is 25.7 Å². The van der Waals surface area contributed by atoms with Crippen LogP contribution in [0.1, 0.15) is 39.0 Å². The minimum Gasteiger partial charge on any atom is -0.480 e. The van der Waals surface area contributed by atoms with Crippen LogP contribution in [0.2, 0.25) is 0 Å². The van der Waals surface area contributed by atoms with Crippen molar-refractivity contribution in [2.24, 2.45) is 11.7 Å². The van der Waals surface area contributed by atoms with Crippen LogP contribution in [0.4, 0.5) is 0 Å². The average Bonchev–Trinajstić information content (AvgIpc) is 2.54. The van der Waals surface area contributed by atoms with Gasteiger partial charge in [0.1, 0.15) is 5.54 Å². The minimum absolute atomic E-state index is 0.194. The zero-order valence-corrected chi connectivity index (χ0v) is 7.55. The van der Waals surface area contributed by atoms with Crippen LogP contribution in [0.3, 0.4) is 0 Å². The highest BCUT2D eigenvalue weighted by atomic mass is 16.4. The first-order chi connectivity index (χ1) is 5.61. The van der Waals surface area contributed by atoms with E-state index >= 15 is 0 Å². The second-order valence-corrected chi connectivity index (χ2v) is 3.68. The fourth-order valence-corrected chi connectivity index (χ4v) is 2.06. The van der Waals surface area contributed by atoms with Gasteiger partial charge in [-0.3, -0.25) is 4.79 Å². The molecule has 0 bridgehead atoms. The third-order valence-corrected chi connectivity index (χ3v) is 3.07. The number of hydrogen-bond acceptors (Lipinski definition) is 2. The van der Waals surface area contributed by atoms with Gasteiger partial charge in [-0.1, -0.05) is 19.8 Å². The van der Waals surface area contributed by atoms with Crippen LogP contribution in [0.25, 0.3) is 0 Å². The Kier molecular flexibility index (Phi) is 2.73. The second-order valence-electron chi connectivity index (χ2n) is 3.68. The van der Waals surface area contributed by atoms with Crippen molar-refractivity contribution in [2.75, 3.05) is 0 Å². The average molecular weight is 171 g/mol. The summed E-state index contributed by atoms with van der Waals surface area (Å²) >= 11 is 0. The van der Waals surface area contributed by atoms with E-state index in [0.29, 0.717) is 6.42 Å². The molecule has 0 aliphatic heterocycles. The summed E-state index contributed by atoms with van der Waals surface area (Å²) in [6.07, 6.45) is 4.77. The summed E-state index contributed by atoms with van der Waals surface area (Å²) in [6, 6.07) is 0. The number of carboxylic acid groups (broad SMARTS) is 1. The fourth-order valence-electron chi connectivity index (χ4n) is 2.06. The Morgan fingerprint density at radius 3 is 2.42 bits per heavy atom. The summed E-state index contributed by atoms with van der Waals surface area (Å²) in [6.45, 7) is 1.85. The second kappa shape index (κ2) is 3.44. The van der Waals surface area contributed by atoms with Gasteiger partial charge >= 0.3 is 5.97 Å². The molecule has 0 aromatic carbocycles. The molecule has 12 heavy (non-hydrogen) atoms. The molecule has 3 nitrogen and oxygen atoms in total. The lowest BCUT2D eigenvalue weighted by Crippen LogP contribution is -2.52. The van der Waals surface area contributed by atoms with Crippen molar-refractivity contribution in [3.63, 3.8) is 0 Å². The molecule has 0 heterocycles. The highest BCUT2D eigenvalue weighted by Gasteiger charge is 2.41. The molecule has 3 N–H and O–H groups in total. The molecule has 1 saturated carbocycles. The first kappa shape index (κ1) is 9.52. The summed E-state index contributed by atoms with van der Waals surface area (Å²) < 4.78 is 0. The molecule has 0 spiro atoms. The normalized spacial score (nSPS) is 23.8. The topological polar surface area (TPSA) is 63.3 Å². The lowest BCUT2D eigenvalue weighted by Gasteiger charge is -2.29. The van der Waals surface area contributed by atoms with Crippen molar-refractivity contribution in [3.8, 4) is 0 Å². The molecule has 0 aromatic heterocycles. The van der Waals surface area contributed by atoms with Crippen molar-refractivity contribution in [1.82, 2.24) is 0 Å². The summed E-state index contributed by atoms with van der Waals surface area (Å²) in [5.41, 5.74) is 4.88. The van der Waals surface area contributed by atoms with Crippen LogP contribution in [0.15, 0.2) is 0 Å². The van der Waals surface area contributed by atoms with Crippen LogP contribution >= 0.6 is 0 Å². The van der Waals surface area contributed by atoms with E-state index in [4.69, 9.17) is 10.8 Å². The fraction of sp³-hybridized carbons (Fsp3) is 0.889. The lowest BCUT2D eigenvalue weighted by atomic mass is 9.81. The molecular weight excluding hydrogens is 154 g/mol. The van der Waals surface area contributed by atoms with E-state index in [1.165, 1.54) is 0 Å². The van der Waals surface area contributed by atoms with E-state index in [9.17, 15) is 4.79 Å². The molecule has 3 heteroatoms. The van der Waals surface area contributed by atoms with Gasteiger partial charge in [0.05, 0.1) is 0 Å². The number of carboxylic acids is 1. The van der Waals surface area contributed by atoms with Gasteiger partial charge in [0.2, 0.25) is 0 Å². The maximum Gasteiger partial charge on any atom is 0.323 e. The third-order valence-electron chi connectivity index (χ3n) is 3.07. The smallest absolute Gasteiger partial charge is 0.323 e. The Labute approximate surface area is 72.9 Å². The predicted octanol–water partition coefficient (Wildman–Crippen LogP) is 1.37. The Hall–Kier alpha value is -0.570. The number of nitrogens with two attached hydrogens (primary N) is 1. The Morgan fingerprint density at radius 1 is 1.58 bits per heavy atom. The van der Waals surface area contributed by atoms with Gasteiger partial charge in [-0.2, -0.15) is 0 Å². The molecule has 1 aliphatic carbocycles. The molecule has 1 rings (SSSR count). The van der Waals surface area contributed by atoms with Crippen molar-refractivity contribution in [3.05, 3.63) is 0 Å². The van der Waals surface area contributed by atoms with Crippen LogP contribution in [-0.2, 0) is 4.79 Å². The molecule has 0 radical (unpaired) electrons. The Balaban J connectivity index is 2.70. The van der Waals surface area contributed by atoms with E-state index in [1.54, 1.807) is 0 Å². The van der Waals surface area contributed by atoms with Gasteiger partial charge in [0, 0.05) is 0 Å². The SMILES string of the molecule is CC[C@](N)(C(=O)O)C1CCCC1. The standard InChI is InChI=1S/C9H17NO2/c1-2-9(10,8(11)12)7-5-3-4-6-7/h7H,2-6,10H2,1H3,(H,11,12)/t9-/m1/s1. The highest BCUT2D eigenvalue weighted by molar-refractivity contribution is 5.78. The summed E-state index contributed by atoms with van der Waals surface area (Å²) in [7, 11) is 0. The molecule has 70 valence electrons. The van der Waals surface area contributed by atoms with Crippen molar-refractivity contribution >= 4 is 5.97 Å². The zero-order valence-electron chi connectivity index (χ0n) is 7.55. The largest absolute Gasteiger partial charge is 0.480 e. The number of carbonyl (C=O) groups is 1. The van der Waals surface area contributed by atoms with E-state index in [1.807, 2.05) is 6.92 Å². The highest BCUT2D eigenvalue weighted by Crippen LogP contribution is 2.34. The van der Waals surface area contributed by atoms with E-state index in [2.05, 4.69) is 0 Å². The first-order valence-electron chi connectivity index (χ1n) is 4.63. The number of rotatable bonds is 3. The summed E-state index contributed by atoms with van der Waals surface area (Å²) in [5.74, 6) is -0.642. The van der Waals surface area contributed by atoms with Gasteiger partial charge < -0.3 is 10.8 Å². The number of aliphatic carboxylic acids is 1. The summed E-state index contributed by atoms with van der Waals surface area (Å²) in [4.78, 5) is 10.9. The van der Waals surface area contributed by atoms with E-state index < -0.39 is 11.5 Å². The Bertz CT molecular complexity index is 175. The molecule has 0 amide bonds. The van der Waals surface area contributed by atoms with Gasteiger partial charge in [-0.15, -0.1) is 0 Å². The van der Waals surface area contributed by atoms with Gasteiger partial charge in [-0.05, 0) is 25.2 Å². The quantitative estimate of drug-likeness (QED) is 0.674. The van der Waals surface area contributed by atoms with Crippen LogP contribution < -0.4 is 5.73 Å². The van der Waals surface area contributed by atoms with Crippen LogP contribution in [0.5, 0.6) is 0 Å². The molecule has 0 saturated heterocycles. The molecule has 1 fully saturated rings. The Morgan fingerprint density at radius 2 is 2.08 bits per heavy atom. The molecular formula is C9H17NO2. The molecule has 1 atom stereocenters. The van der Waals surface area contributed by atoms with Crippen molar-refractivity contribution < 1.29 is 9.90 Å². The predicted molar refractivity (Wildman–Crippen MR) is 46.8 cm³/mol. The lowest BCUT2D eigenvalue weighted by molar-refractivity contribution is -0.145. The maximum atomic E-state index is 10.9.